The third-order valence-electron chi connectivity index (χ3n) is 25.3. The van der Waals surface area contributed by atoms with E-state index in [0.717, 1.165) is 47.7 Å². The van der Waals surface area contributed by atoms with Crippen LogP contribution in [0.3, 0.4) is 0 Å². The molecular formula is C81H54N4O21. The Hall–Kier alpha value is -12.3. The summed E-state index contributed by atoms with van der Waals surface area (Å²) in [5, 5.41) is 133. The molecule has 13 aromatic carbocycles. The van der Waals surface area contributed by atoms with Crippen molar-refractivity contribution in [2.24, 2.45) is 5.92 Å². The summed E-state index contributed by atoms with van der Waals surface area (Å²) in [6.07, 6.45) is 6.70. The van der Waals surface area contributed by atoms with E-state index in [1.54, 1.807) is 30.3 Å². The van der Waals surface area contributed by atoms with Gasteiger partial charge in [-0.2, -0.15) is 0 Å². The Morgan fingerprint density at radius 3 is 1.64 bits per heavy atom. The van der Waals surface area contributed by atoms with Crippen LogP contribution in [0, 0.1) is 5.92 Å². The molecule has 9 aliphatic rings. The van der Waals surface area contributed by atoms with Crippen molar-refractivity contribution in [3.8, 4) is 17.2 Å². The lowest BCUT2D eigenvalue weighted by Crippen LogP contribution is -2.46. The minimum atomic E-state index is -1.57. The Morgan fingerprint density at radius 2 is 1.00 bits per heavy atom. The minimum absolute atomic E-state index is 0.00301. The number of nitrogens with zero attached hydrogens (tertiary/aromatic N) is 2. The molecule has 22 rings (SSSR count). The number of unbranched alkanes of at least 4 members (excludes halogenated alkanes) is 2. The fraction of sp³-hybridized carbons (Fsp3) is 0.247. The van der Waals surface area contributed by atoms with E-state index in [1.165, 1.54) is 6.07 Å². The lowest BCUT2D eigenvalue weighted by atomic mass is 9.55. The van der Waals surface area contributed by atoms with Gasteiger partial charge in [0.2, 0.25) is 0 Å². The topological polar surface area (TPSA) is 412 Å². The van der Waals surface area contributed by atoms with E-state index in [4.69, 9.17) is 9.47 Å². The first kappa shape index (κ1) is 61.2. The van der Waals surface area contributed by atoms with Gasteiger partial charge >= 0.3 is 41.8 Å². The number of rotatable bonds is 25. The maximum absolute atomic E-state index is 15.9. The number of nitrogens with one attached hydrogen (secondary N) is 2. The second-order valence-corrected chi connectivity index (χ2v) is 30.1. The predicted octanol–water partition coefficient (Wildman–Crippen LogP) is 8.37. The quantitative estimate of drug-likeness (QED) is 0.00840. The van der Waals surface area contributed by atoms with E-state index in [1.807, 2.05) is 30.4 Å². The van der Waals surface area contributed by atoms with Crippen LogP contribution >= 0.6 is 0 Å². The van der Waals surface area contributed by atoms with Crippen LogP contribution in [0.2, 0.25) is 0 Å². The van der Waals surface area contributed by atoms with Crippen LogP contribution in [0.4, 0.5) is 0 Å². The molecule has 7 aliphatic carbocycles. The number of carbonyl (C=O) groups excluding carboxylic acids is 2. The van der Waals surface area contributed by atoms with Gasteiger partial charge in [-0.3, -0.25) is 48.2 Å². The molecule has 0 radical (unpaired) electrons. The van der Waals surface area contributed by atoms with E-state index < -0.39 is 120 Å². The highest BCUT2D eigenvalue weighted by Gasteiger charge is 2.82. The van der Waals surface area contributed by atoms with Gasteiger partial charge in [-0.05, 0) is 184 Å². The van der Waals surface area contributed by atoms with E-state index in [0.29, 0.717) is 141 Å². The summed E-state index contributed by atoms with van der Waals surface area (Å²) >= 11 is 0. The summed E-state index contributed by atoms with van der Waals surface area (Å²) in [5.74, 6) is -12.1. The number of phenolic OH excluding ortho intramolecular Hbond substituents is 3. The number of carboxylic acid groups (broad SMARTS) is 7. The smallest absolute Gasteiger partial charge is 0.332 e. The van der Waals surface area contributed by atoms with Gasteiger partial charge in [-0.25, -0.2) is 4.79 Å². The Kier molecular flexibility index (Phi) is 11.2. The molecule has 2 aliphatic heterocycles. The Bertz CT molecular complexity index is 6950. The largest absolute Gasteiger partial charge is 0.507 e. The number of hydrogen-bond acceptors (Lipinski definition) is 16. The first-order valence-electron chi connectivity index (χ1n) is 35.1. The third kappa shape index (κ3) is 6.70. The standard InChI is InChI=1S/C81H54N4O21/c86-43-21-39-58-55-34(43)19-37-59-62-51-30(7-5-8-31(51)71(37)95)52(74(98)83-14-4-2-11-42(76(101)102)85(25-46(91)92)26-47(93)94)35-18-28-16-32-33(73(97)82-13-3-1-10-41(75(99)100)84(23-44(87)88)24-45(89)90)17-27-15-29-22-78-12-6-9-40-53(77(103)104)36-20-38(72(39)96)60-63-57(36)66(79(40,78)105-78)50(29)61-48(27)54(32)64-49(28)67(56(35)62)80(68(55)59)81(106-80,69(58)60)70(64)65(61)63/h5-9,15-22,40-42,86,95-96H,1-4,10-14,23-26H2,(H,82,97)(H,83,98)(H,87,88)(H,89,90)(H,91,92)(H,93,94)(H,99,100)(H,101,102)(H,103,104). The third-order valence-corrected chi connectivity index (χ3v) is 25.3. The molecule has 25 nitrogen and oxygen atoms in total. The van der Waals surface area contributed by atoms with Gasteiger partial charge in [0, 0.05) is 113 Å². The number of aromatic hydroxyl groups is 3. The first-order valence-corrected chi connectivity index (χ1v) is 35.1. The fourth-order valence-electron chi connectivity index (χ4n) is 22.0. The molecule has 2 heterocycles. The summed E-state index contributed by atoms with van der Waals surface area (Å²) in [7, 11) is 0. The van der Waals surface area contributed by atoms with Crippen molar-refractivity contribution < 1.29 is 104 Å². The number of aliphatic carboxylic acids is 7. The normalized spacial score (nSPS) is 21.9. The molecule has 25 heteroatoms. The van der Waals surface area contributed by atoms with E-state index in [-0.39, 0.29) is 90.9 Å². The number of amides is 2. The van der Waals surface area contributed by atoms with Crippen molar-refractivity contribution in [3.63, 3.8) is 0 Å². The van der Waals surface area contributed by atoms with Gasteiger partial charge in [-0.15, -0.1) is 0 Å². The van der Waals surface area contributed by atoms with Gasteiger partial charge in [0.1, 0.15) is 40.5 Å². The first-order chi connectivity index (χ1) is 50.9. The molecule has 0 saturated carbocycles. The number of benzene rings is 13. The molecule has 106 heavy (non-hydrogen) atoms. The van der Waals surface area contributed by atoms with Gasteiger partial charge in [-0.1, -0.05) is 30.4 Å². The molecule has 524 valence electrons. The van der Waals surface area contributed by atoms with E-state index in [2.05, 4.69) is 22.8 Å². The molecule has 7 unspecified atom stereocenters. The van der Waals surface area contributed by atoms with E-state index >= 15 is 9.59 Å². The molecular weight excluding hydrogens is 1360 g/mol. The summed E-state index contributed by atoms with van der Waals surface area (Å²) < 4.78 is 15.5. The van der Waals surface area contributed by atoms with Gasteiger partial charge in [0.25, 0.3) is 11.8 Å². The zero-order valence-electron chi connectivity index (χ0n) is 55.3. The van der Waals surface area contributed by atoms with Crippen LogP contribution in [-0.2, 0) is 59.8 Å². The average molecular weight is 1420 g/mol. The summed E-state index contributed by atoms with van der Waals surface area (Å²) in [6.45, 7) is -3.40. The molecule has 2 fully saturated rings. The molecule has 13 aromatic rings. The van der Waals surface area contributed by atoms with Crippen molar-refractivity contribution in [2.75, 3.05) is 39.3 Å². The predicted molar refractivity (Wildman–Crippen MR) is 384 cm³/mol. The Morgan fingerprint density at radius 1 is 0.472 bits per heavy atom. The average Bonchev–Trinajstić information content (AvgIpc) is 1.41. The van der Waals surface area contributed by atoms with Gasteiger partial charge < -0.3 is 71.2 Å². The van der Waals surface area contributed by atoms with Crippen LogP contribution < -0.4 is 21.1 Å². The molecule has 12 N–H and O–H groups in total. The van der Waals surface area contributed by atoms with Crippen molar-refractivity contribution in [1.29, 1.82) is 0 Å². The maximum atomic E-state index is 15.9. The second-order valence-electron chi connectivity index (χ2n) is 30.1. The highest BCUT2D eigenvalue weighted by Crippen LogP contribution is 2.84. The van der Waals surface area contributed by atoms with Crippen LogP contribution in [0.25, 0.3) is 152 Å². The number of phenols is 3. The molecule has 3 spiro atoms. The van der Waals surface area contributed by atoms with Crippen molar-refractivity contribution in [2.45, 2.75) is 79.4 Å². The zero-order chi connectivity index (χ0) is 72.8. The van der Waals surface area contributed by atoms with Gasteiger partial charge in [0.15, 0.2) is 11.2 Å². The van der Waals surface area contributed by atoms with Crippen molar-refractivity contribution >= 4 is 205 Å². The van der Waals surface area contributed by atoms with E-state index in [9.17, 15) is 84.6 Å². The summed E-state index contributed by atoms with van der Waals surface area (Å²) in [5.41, 5.74) is -1.33. The molecule has 0 aromatic heterocycles. The van der Waals surface area contributed by atoms with Crippen molar-refractivity contribution in [1.82, 2.24) is 20.4 Å². The van der Waals surface area contributed by atoms with Crippen LogP contribution in [0.15, 0.2) is 72.8 Å². The Labute approximate surface area is 590 Å². The highest BCUT2D eigenvalue weighted by atomic mass is 16.6. The minimum Gasteiger partial charge on any atom is -0.507 e. The number of carbonyl (C=O) groups is 9. The number of hydrogen-bond donors (Lipinski definition) is 12. The number of ether oxygens (including phenoxy) is 2. The van der Waals surface area contributed by atoms with Gasteiger partial charge in [0.05, 0.1) is 37.3 Å². The highest BCUT2D eigenvalue weighted by molar-refractivity contribution is 6.51. The van der Waals surface area contributed by atoms with Crippen LogP contribution in [0.5, 0.6) is 17.2 Å². The number of carboxylic acids is 7. The van der Waals surface area contributed by atoms with Crippen molar-refractivity contribution in [3.05, 3.63) is 122 Å². The SMILES string of the molecule is O=C(O)CN(CC(=O)O)C(CCCCNC(=O)c1c2cc3cc4c(C(=O)NCCCCC(C(=O)O)N(CC(=O)O)CC(=O)O)cc5cc6c7c8c9c(cc%10c(O)c%11cc(O)c%12cc%13c(O)c%14cccc1c%14c1c2c2c3c3c%14c(c9c%10c9c%11c%12c(c%131)C21OC9%141)c7c5c43)=C(C(=O)O)C1C=CCC2(C=6)OC812)C(=O)O. The molecule has 7 atom stereocenters. The molecule has 2 saturated heterocycles. The lowest BCUT2D eigenvalue weighted by Gasteiger charge is -2.43. The molecule has 0 bridgehead atoms. The Balaban J connectivity index is 0.845. The van der Waals surface area contributed by atoms with Crippen LogP contribution in [-0.4, -0.2) is 171 Å². The monoisotopic (exact) mass is 1420 g/mol. The fourth-order valence-corrected chi connectivity index (χ4v) is 22.0. The number of epoxide rings is 2. The summed E-state index contributed by atoms with van der Waals surface area (Å²) in [4.78, 5) is 120. The van der Waals surface area contributed by atoms with Crippen LogP contribution in [0.1, 0.15) is 93.5 Å². The maximum Gasteiger partial charge on any atom is 0.332 e. The zero-order valence-corrected chi connectivity index (χ0v) is 55.3. The summed E-state index contributed by atoms with van der Waals surface area (Å²) in [6, 6.07) is 15.2. The molecule has 2 amide bonds. The second kappa shape index (κ2) is 19.4. The lowest BCUT2D eigenvalue weighted by molar-refractivity contribution is -0.152.